The molecular weight excluding hydrogens is 244 g/mol. The number of amides is 1. The van der Waals surface area contributed by atoms with Crippen molar-refractivity contribution in [3.8, 4) is 0 Å². The lowest BCUT2D eigenvalue weighted by Crippen LogP contribution is -2.41. The highest BCUT2D eigenvalue weighted by atomic mass is 16.4. The molecule has 1 heterocycles. The Hall–Kier alpha value is -1.10. The van der Waals surface area contributed by atoms with Crippen molar-refractivity contribution in [3.63, 3.8) is 0 Å². The lowest BCUT2D eigenvalue weighted by Gasteiger charge is -2.22. The summed E-state index contributed by atoms with van der Waals surface area (Å²) in [7, 11) is 0. The number of piperidine rings is 1. The molecule has 0 radical (unpaired) electrons. The number of carbonyl (C=O) groups excluding carboxylic acids is 1. The van der Waals surface area contributed by atoms with Crippen LogP contribution in [0.4, 0.5) is 0 Å². The van der Waals surface area contributed by atoms with Crippen LogP contribution in [0.2, 0.25) is 0 Å². The van der Waals surface area contributed by atoms with Crippen LogP contribution in [0.15, 0.2) is 0 Å². The van der Waals surface area contributed by atoms with Crippen LogP contribution in [0, 0.1) is 11.8 Å². The van der Waals surface area contributed by atoms with Crippen LogP contribution in [0.3, 0.4) is 0 Å². The van der Waals surface area contributed by atoms with Crippen molar-refractivity contribution in [2.45, 2.75) is 52.0 Å². The molecule has 1 rings (SSSR count). The molecular formula is C14H26N2O3. The molecule has 110 valence electrons. The molecule has 1 fully saturated rings. The predicted octanol–water partition coefficient (Wildman–Crippen LogP) is 1.38. The highest BCUT2D eigenvalue weighted by molar-refractivity contribution is 5.83. The zero-order valence-corrected chi connectivity index (χ0v) is 11.9. The van der Waals surface area contributed by atoms with Gasteiger partial charge in [-0.05, 0) is 50.6 Å². The number of rotatable bonds is 7. The minimum absolute atomic E-state index is 0.133. The number of nitrogens with one attached hydrogen (secondary N) is 2. The number of carboxylic acids is 1. The molecule has 5 heteroatoms. The van der Waals surface area contributed by atoms with E-state index in [1.807, 2.05) is 13.8 Å². The van der Waals surface area contributed by atoms with Gasteiger partial charge in [0.25, 0.3) is 0 Å². The van der Waals surface area contributed by atoms with E-state index in [4.69, 9.17) is 5.11 Å². The van der Waals surface area contributed by atoms with Crippen molar-refractivity contribution < 1.29 is 14.7 Å². The average Bonchev–Trinajstić information content (AvgIpc) is 2.36. The zero-order valence-electron chi connectivity index (χ0n) is 11.9. The molecule has 3 N–H and O–H groups in total. The third kappa shape index (κ3) is 6.57. The maximum absolute atomic E-state index is 11.8. The van der Waals surface area contributed by atoms with E-state index < -0.39 is 12.0 Å². The van der Waals surface area contributed by atoms with Crippen LogP contribution in [0.25, 0.3) is 0 Å². The highest BCUT2D eigenvalue weighted by Gasteiger charge is 2.21. The zero-order chi connectivity index (χ0) is 14.3. The third-order valence-corrected chi connectivity index (χ3v) is 3.58. The normalized spacial score (nSPS) is 18.3. The second-order valence-corrected chi connectivity index (χ2v) is 5.82. The van der Waals surface area contributed by atoms with Crippen molar-refractivity contribution in [2.24, 2.45) is 11.8 Å². The molecule has 19 heavy (non-hydrogen) atoms. The molecule has 1 saturated heterocycles. The number of carbonyl (C=O) groups is 2. The van der Waals surface area contributed by atoms with Crippen LogP contribution in [0.5, 0.6) is 0 Å². The topological polar surface area (TPSA) is 78.4 Å². The molecule has 5 nitrogen and oxygen atoms in total. The van der Waals surface area contributed by atoms with E-state index in [1.54, 1.807) is 0 Å². The summed E-state index contributed by atoms with van der Waals surface area (Å²) in [5.74, 6) is -0.221. The van der Waals surface area contributed by atoms with E-state index >= 15 is 0 Å². The summed E-state index contributed by atoms with van der Waals surface area (Å²) in [4.78, 5) is 22.8. The Morgan fingerprint density at radius 2 is 1.95 bits per heavy atom. The summed E-state index contributed by atoms with van der Waals surface area (Å²) >= 11 is 0. The third-order valence-electron chi connectivity index (χ3n) is 3.58. The van der Waals surface area contributed by atoms with Gasteiger partial charge in [0.05, 0.1) is 0 Å². The van der Waals surface area contributed by atoms with E-state index in [2.05, 4.69) is 10.6 Å². The summed E-state index contributed by atoms with van der Waals surface area (Å²) in [6.07, 6.45) is 4.01. The van der Waals surface area contributed by atoms with Crippen molar-refractivity contribution in [1.29, 1.82) is 0 Å². The Morgan fingerprint density at radius 1 is 1.32 bits per heavy atom. The monoisotopic (exact) mass is 270 g/mol. The summed E-state index contributed by atoms with van der Waals surface area (Å²) < 4.78 is 0. The largest absolute Gasteiger partial charge is 0.480 e. The standard InChI is InChI=1S/C14H26N2O3/c1-10(2)9-12(14(18)19)16-13(17)4-3-11-5-7-15-8-6-11/h10-12,15H,3-9H2,1-2H3,(H,16,17)(H,18,19)/t12-/m0/s1. The molecule has 1 aliphatic rings. The van der Waals surface area contributed by atoms with Crippen LogP contribution in [0.1, 0.15) is 46.0 Å². The molecule has 0 bridgehead atoms. The Morgan fingerprint density at radius 3 is 2.47 bits per heavy atom. The van der Waals surface area contributed by atoms with Gasteiger partial charge < -0.3 is 15.7 Å². The Kier molecular flexibility index (Phi) is 6.84. The van der Waals surface area contributed by atoms with Crippen molar-refractivity contribution in [2.75, 3.05) is 13.1 Å². The van der Waals surface area contributed by atoms with Crippen LogP contribution >= 0.6 is 0 Å². The molecule has 0 unspecified atom stereocenters. The van der Waals surface area contributed by atoms with E-state index in [9.17, 15) is 9.59 Å². The van der Waals surface area contributed by atoms with Gasteiger partial charge in [0.2, 0.25) is 5.91 Å². The molecule has 1 aliphatic heterocycles. The lowest BCUT2D eigenvalue weighted by atomic mass is 9.93. The van der Waals surface area contributed by atoms with Gasteiger partial charge in [-0.2, -0.15) is 0 Å². The van der Waals surface area contributed by atoms with Gasteiger partial charge in [-0.1, -0.05) is 13.8 Å². The van der Waals surface area contributed by atoms with Gasteiger partial charge in [0.15, 0.2) is 0 Å². The fraction of sp³-hybridized carbons (Fsp3) is 0.857. The molecule has 1 atom stereocenters. The van der Waals surface area contributed by atoms with E-state index in [1.165, 1.54) is 0 Å². The maximum Gasteiger partial charge on any atom is 0.326 e. The number of hydrogen-bond acceptors (Lipinski definition) is 3. The van der Waals surface area contributed by atoms with Crippen LogP contribution in [-0.4, -0.2) is 36.1 Å². The van der Waals surface area contributed by atoms with E-state index in [-0.39, 0.29) is 11.8 Å². The maximum atomic E-state index is 11.8. The van der Waals surface area contributed by atoms with E-state index in [0.717, 1.165) is 32.4 Å². The molecule has 0 aromatic heterocycles. The smallest absolute Gasteiger partial charge is 0.326 e. The van der Waals surface area contributed by atoms with Crippen LogP contribution < -0.4 is 10.6 Å². The molecule has 0 spiro atoms. The number of aliphatic carboxylic acids is 1. The Bertz CT molecular complexity index is 299. The highest BCUT2D eigenvalue weighted by Crippen LogP contribution is 2.17. The summed E-state index contributed by atoms with van der Waals surface area (Å²) in [5.41, 5.74) is 0. The minimum atomic E-state index is -0.941. The fourth-order valence-corrected chi connectivity index (χ4v) is 2.46. The Labute approximate surface area is 115 Å². The Balaban J connectivity index is 2.29. The van der Waals surface area contributed by atoms with Crippen LogP contribution in [-0.2, 0) is 9.59 Å². The summed E-state index contributed by atoms with van der Waals surface area (Å²) in [6, 6.07) is -0.750. The lowest BCUT2D eigenvalue weighted by molar-refractivity contribution is -0.142. The molecule has 0 saturated carbocycles. The van der Waals surface area contributed by atoms with Gasteiger partial charge in [0, 0.05) is 6.42 Å². The minimum Gasteiger partial charge on any atom is -0.480 e. The fourth-order valence-electron chi connectivity index (χ4n) is 2.46. The summed E-state index contributed by atoms with van der Waals surface area (Å²) in [5, 5.41) is 15.0. The van der Waals surface area contributed by atoms with Crippen molar-refractivity contribution in [1.82, 2.24) is 10.6 Å². The van der Waals surface area contributed by atoms with Gasteiger partial charge in [0.1, 0.15) is 6.04 Å². The summed E-state index contributed by atoms with van der Waals surface area (Å²) in [6.45, 7) is 5.96. The quantitative estimate of drug-likeness (QED) is 0.653. The van der Waals surface area contributed by atoms with Crippen molar-refractivity contribution in [3.05, 3.63) is 0 Å². The SMILES string of the molecule is CC(C)C[C@H](NC(=O)CCC1CCNCC1)C(=O)O. The second-order valence-electron chi connectivity index (χ2n) is 5.82. The van der Waals surface area contributed by atoms with Gasteiger partial charge in [-0.25, -0.2) is 4.79 Å². The van der Waals surface area contributed by atoms with Gasteiger partial charge in [-0.3, -0.25) is 4.79 Å². The molecule has 1 amide bonds. The average molecular weight is 270 g/mol. The molecule has 0 aromatic rings. The van der Waals surface area contributed by atoms with Gasteiger partial charge >= 0.3 is 5.97 Å². The van der Waals surface area contributed by atoms with Gasteiger partial charge in [-0.15, -0.1) is 0 Å². The number of hydrogen-bond donors (Lipinski definition) is 3. The number of carboxylic acid groups (broad SMARTS) is 1. The van der Waals surface area contributed by atoms with E-state index in [0.29, 0.717) is 18.8 Å². The first kappa shape index (κ1) is 16.0. The molecule has 0 aromatic carbocycles. The first-order valence-electron chi connectivity index (χ1n) is 7.22. The molecule has 0 aliphatic carbocycles. The first-order chi connectivity index (χ1) is 8.99. The second kappa shape index (κ2) is 8.15. The first-order valence-corrected chi connectivity index (χ1v) is 7.22. The van der Waals surface area contributed by atoms with Crippen molar-refractivity contribution >= 4 is 11.9 Å². The predicted molar refractivity (Wildman–Crippen MR) is 73.8 cm³/mol.